The summed E-state index contributed by atoms with van der Waals surface area (Å²) in [5.74, 6) is 2.65. The second-order valence-electron chi connectivity index (χ2n) is 4.35. The molecule has 1 aliphatic carbocycles. The fourth-order valence-corrected chi connectivity index (χ4v) is 2.79. The van der Waals surface area contributed by atoms with Crippen LogP contribution in [-0.4, -0.2) is 13.1 Å². The molecule has 0 saturated heterocycles. The molecule has 0 heterocycles. The Morgan fingerprint density at radius 3 is 1.82 bits per heavy atom. The van der Waals surface area contributed by atoms with Gasteiger partial charge >= 0.3 is 0 Å². The Labute approximate surface area is 70.6 Å². The molecular formula is C10H21N. The van der Waals surface area contributed by atoms with Crippen LogP contribution in [0.15, 0.2) is 0 Å². The quantitative estimate of drug-likeness (QED) is 0.612. The zero-order valence-corrected chi connectivity index (χ0v) is 8.22. The normalized spacial score (nSPS) is 45.8. The Kier molecular flexibility index (Phi) is 2.94. The smallest absolute Gasteiger partial charge is 0.0115 e. The van der Waals surface area contributed by atoms with Gasteiger partial charge in [-0.1, -0.05) is 20.8 Å². The average Bonchev–Trinajstić information content (AvgIpc) is 1.85. The number of rotatable bonds is 1. The first kappa shape index (κ1) is 9.05. The van der Waals surface area contributed by atoms with Crippen molar-refractivity contribution in [2.75, 3.05) is 7.05 Å². The van der Waals surface area contributed by atoms with Gasteiger partial charge in [0, 0.05) is 6.04 Å². The topological polar surface area (TPSA) is 12.0 Å². The molecule has 66 valence electrons. The van der Waals surface area contributed by atoms with Crippen LogP contribution < -0.4 is 5.32 Å². The van der Waals surface area contributed by atoms with Gasteiger partial charge in [0.15, 0.2) is 0 Å². The highest BCUT2D eigenvalue weighted by atomic mass is 14.9. The molecule has 1 nitrogen and oxygen atoms in total. The number of nitrogens with one attached hydrogen (secondary N) is 1. The van der Waals surface area contributed by atoms with Crippen LogP contribution in [0.4, 0.5) is 0 Å². The van der Waals surface area contributed by atoms with Gasteiger partial charge in [-0.2, -0.15) is 0 Å². The van der Waals surface area contributed by atoms with Crippen LogP contribution in [0.3, 0.4) is 0 Å². The van der Waals surface area contributed by atoms with E-state index in [0.717, 1.165) is 23.8 Å². The van der Waals surface area contributed by atoms with E-state index in [0.29, 0.717) is 0 Å². The van der Waals surface area contributed by atoms with Crippen molar-refractivity contribution in [1.29, 1.82) is 0 Å². The summed E-state index contributed by atoms with van der Waals surface area (Å²) in [5.41, 5.74) is 0. The molecule has 1 fully saturated rings. The van der Waals surface area contributed by atoms with Crippen LogP contribution in [0.5, 0.6) is 0 Å². The van der Waals surface area contributed by atoms with E-state index in [1.807, 2.05) is 0 Å². The molecule has 1 aliphatic rings. The van der Waals surface area contributed by atoms with Gasteiger partial charge in [0.2, 0.25) is 0 Å². The molecule has 0 spiro atoms. The SMILES string of the molecule is CNC1C(C)CC(C)CC1C. The molecule has 0 amide bonds. The highest BCUT2D eigenvalue weighted by molar-refractivity contribution is 4.84. The predicted molar refractivity (Wildman–Crippen MR) is 49.6 cm³/mol. The molecule has 1 saturated carbocycles. The summed E-state index contributed by atoms with van der Waals surface area (Å²) in [5, 5.41) is 3.42. The lowest BCUT2D eigenvalue weighted by Gasteiger charge is -2.37. The van der Waals surface area contributed by atoms with Crippen molar-refractivity contribution in [3.8, 4) is 0 Å². The monoisotopic (exact) mass is 155 g/mol. The first-order valence-electron chi connectivity index (χ1n) is 4.82. The van der Waals surface area contributed by atoms with Crippen LogP contribution in [-0.2, 0) is 0 Å². The van der Waals surface area contributed by atoms with E-state index < -0.39 is 0 Å². The minimum atomic E-state index is 0.756. The highest BCUT2D eigenvalue weighted by Crippen LogP contribution is 2.32. The lowest BCUT2D eigenvalue weighted by molar-refractivity contribution is 0.171. The zero-order valence-electron chi connectivity index (χ0n) is 8.22. The van der Waals surface area contributed by atoms with Gasteiger partial charge in [-0.25, -0.2) is 0 Å². The molecule has 0 aromatic carbocycles. The molecule has 0 aromatic heterocycles. The summed E-state index contributed by atoms with van der Waals surface area (Å²) in [7, 11) is 2.09. The van der Waals surface area contributed by atoms with Crippen LogP contribution in [0.1, 0.15) is 33.6 Å². The van der Waals surface area contributed by atoms with Crippen molar-refractivity contribution in [3.63, 3.8) is 0 Å². The second kappa shape index (κ2) is 3.57. The van der Waals surface area contributed by atoms with Crippen molar-refractivity contribution in [2.45, 2.75) is 39.7 Å². The Morgan fingerprint density at radius 1 is 1.00 bits per heavy atom. The third-order valence-corrected chi connectivity index (χ3v) is 3.11. The zero-order chi connectivity index (χ0) is 8.43. The molecular weight excluding hydrogens is 134 g/mol. The maximum atomic E-state index is 3.42. The maximum Gasteiger partial charge on any atom is 0.0115 e. The van der Waals surface area contributed by atoms with Crippen LogP contribution in [0, 0.1) is 17.8 Å². The molecule has 2 unspecified atom stereocenters. The summed E-state index contributed by atoms with van der Waals surface area (Å²) in [6.07, 6.45) is 2.80. The van der Waals surface area contributed by atoms with Crippen LogP contribution in [0.2, 0.25) is 0 Å². The van der Waals surface area contributed by atoms with E-state index in [2.05, 4.69) is 33.1 Å². The molecule has 11 heavy (non-hydrogen) atoms. The van der Waals surface area contributed by atoms with Gasteiger partial charge in [0.25, 0.3) is 0 Å². The molecule has 0 bridgehead atoms. The summed E-state index contributed by atoms with van der Waals surface area (Å²) >= 11 is 0. The Balaban J connectivity index is 2.52. The summed E-state index contributed by atoms with van der Waals surface area (Å²) in [4.78, 5) is 0. The Morgan fingerprint density at radius 2 is 1.45 bits per heavy atom. The molecule has 2 atom stereocenters. The van der Waals surface area contributed by atoms with Gasteiger partial charge in [-0.15, -0.1) is 0 Å². The number of hydrogen-bond acceptors (Lipinski definition) is 1. The van der Waals surface area contributed by atoms with Gasteiger partial charge in [0.1, 0.15) is 0 Å². The standard InChI is InChI=1S/C10H21N/c1-7-5-8(2)10(11-4)9(3)6-7/h7-11H,5-6H2,1-4H3. The summed E-state index contributed by atoms with van der Waals surface area (Å²) < 4.78 is 0. The van der Waals surface area contributed by atoms with E-state index in [9.17, 15) is 0 Å². The average molecular weight is 155 g/mol. The summed E-state index contributed by atoms with van der Waals surface area (Å²) in [6, 6.07) is 0.756. The van der Waals surface area contributed by atoms with Crippen molar-refractivity contribution in [1.82, 2.24) is 5.32 Å². The van der Waals surface area contributed by atoms with Crippen molar-refractivity contribution < 1.29 is 0 Å². The van der Waals surface area contributed by atoms with Crippen molar-refractivity contribution in [2.24, 2.45) is 17.8 Å². The van der Waals surface area contributed by atoms with Gasteiger partial charge < -0.3 is 5.32 Å². The molecule has 0 radical (unpaired) electrons. The number of hydrogen-bond donors (Lipinski definition) is 1. The lowest BCUT2D eigenvalue weighted by Crippen LogP contribution is -2.42. The van der Waals surface area contributed by atoms with Crippen molar-refractivity contribution in [3.05, 3.63) is 0 Å². The van der Waals surface area contributed by atoms with Crippen molar-refractivity contribution >= 4 is 0 Å². The fourth-order valence-electron chi connectivity index (χ4n) is 2.79. The largest absolute Gasteiger partial charge is 0.316 e. The van der Waals surface area contributed by atoms with E-state index >= 15 is 0 Å². The lowest BCUT2D eigenvalue weighted by atomic mass is 9.74. The maximum absolute atomic E-state index is 3.42. The van der Waals surface area contributed by atoms with Gasteiger partial charge in [-0.3, -0.25) is 0 Å². The summed E-state index contributed by atoms with van der Waals surface area (Å²) in [6.45, 7) is 7.11. The first-order valence-corrected chi connectivity index (χ1v) is 4.82. The Bertz CT molecular complexity index is 110. The molecule has 0 aromatic rings. The minimum absolute atomic E-state index is 0.756. The highest BCUT2D eigenvalue weighted by Gasteiger charge is 2.29. The second-order valence-corrected chi connectivity index (χ2v) is 4.35. The van der Waals surface area contributed by atoms with Crippen LogP contribution in [0.25, 0.3) is 0 Å². The molecule has 1 N–H and O–H groups in total. The van der Waals surface area contributed by atoms with Crippen LogP contribution >= 0.6 is 0 Å². The third kappa shape index (κ3) is 1.96. The van der Waals surface area contributed by atoms with E-state index in [4.69, 9.17) is 0 Å². The fraction of sp³-hybridized carbons (Fsp3) is 1.00. The third-order valence-electron chi connectivity index (χ3n) is 3.11. The van der Waals surface area contributed by atoms with Gasteiger partial charge in [-0.05, 0) is 37.6 Å². The first-order chi connectivity index (χ1) is 5.15. The molecule has 1 rings (SSSR count). The van der Waals surface area contributed by atoms with E-state index in [-0.39, 0.29) is 0 Å². The Hall–Kier alpha value is -0.0400. The molecule has 0 aliphatic heterocycles. The molecule has 1 heteroatoms. The van der Waals surface area contributed by atoms with E-state index in [1.54, 1.807) is 0 Å². The minimum Gasteiger partial charge on any atom is -0.316 e. The van der Waals surface area contributed by atoms with Gasteiger partial charge in [0.05, 0.1) is 0 Å². The predicted octanol–water partition coefficient (Wildman–Crippen LogP) is 2.28. The van der Waals surface area contributed by atoms with E-state index in [1.165, 1.54) is 12.8 Å².